The number of carbonyl (C=O) groups is 2. The smallest absolute Gasteiger partial charge is 0.247 e. The van der Waals surface area contributed by atoms with Crippen LogP contribution in [0.1, 0.15) is 45.2 Å². The highest BCUT2D eigenvalue weighted by Gasteiger charge is 2.19. The van der Waals surface area contributed by atoms with Crippen molar-refractivity contribution in [2.24, 2.45) is 0 Å². The van der Waals surface area contributed by atoms with E-state index in [1.807, 2.05) is 0 Å². The van der Waals surface area contributed by atoms with Crippen molar-refractivity contribution in [3.05, 3.63) is 32.8 Å². The Kier molecular flexibility index (Phi) is 4.72. The first-order valence-electron chi connectivity index (χ1n) is 6.73. The third kappa shape index (κ3) is 2.94. The molecule has 0 unspecified atom stereocenters. The quantitative estimate of drug-likeness (QED) is 0.857. The molecule has 0 saturated carbocycles. The van der Waals surface area contributed by atoms with Crippen LogP contribution >= 0.6 is 23.2 Å². The molecule has 0 bridgehead atoms. The van der Waals surface area contributed by atoms with Crippen molar-refractivity contribution in [2.75, 3.05) is 0 Å². The van der Waals surface area contributed by atoms with E-state index in [9.17, 15) is 9.59 Å². The average Bonchev–Trinajstić information content (AvgIpc) is 2.89. The van der Waals surface area contributed by atoms with E-state index in [4.69, 9.17) is 23.2 Å². The molecule has 0 saturated heterocycles. The zero-order valence-electron chi connectivity index (χ0n) is 12.8. The fraction of sp³-hybridized carbons (Fsp3) is 0.429. The summed E-state index contributed by atoms with van der Waals surface area (Å²) in [6, 6.07) is 0. The second kappa shape index (κ2) is 6.22. The van der Waals surface area contributed by atoms with Crippen LogP contribution in [0.5, 0.6) is 0 Å². The zero-order chi connectivity index (χ0) is 16.6. The summed E-state index contributed by atoms with van der Waals surface area (Å²) in [5.74, 6) is -0.568. The van der Waals surface area contributed by atoms with Crippen molar-refractivity contribution in [3.63, 3.8) is 0 Å². The first-order chi connectivity index (χ1) is 10.2. The Morgan fingerprint density at radius 1 is 0.818 bits per heavy atom. The summed E-state index contributed by atoms with van der Waals surface area (Å²) in [6.45, 7) is 6.87. The molecule has 0 amide bonds. The molecule has 118 valence electrons. The number of halogens is 2. The summed E-state index contributed by atoms with van der Waals surface area (Å²) in [5.41, 5.74) is 2.32. The molecule has 6 nitrogen and oxygen atoms in total. The van der Waals surface area contributed by atoms with Crippen LogP contribution < -0.4 is 0 Å². The van der Waals surface area contributed by atoms with Gasteiger partial charge in [0.05, 0.1) is 32.8 Å². The van der Waals surface area contributed by atoms with Crippen LogP contribution in [0, 0.1) is 27.7 Å². The highest BCUT2D eigenvalue weighted by atomic mass is 35.5. The molecule has 0 N–H and O–H groups in total. The van der Waals surface area contributed by atoms with Crippen LogP contribution in [-0.4, -0.2) is 31.4 Å². The van der Waals surface area contributed by atoms with Gasteiger partial charge >= 0.3 is 0 Å². The van der Waals surface area contributed by atoms with Gasteiger partial charge in [-0.2, -0.15) is 10.2 Å². The zero-order valence-corrected chi connectivity index (χ0v) is 14.3. The Labute approximate surface area is 138 Å². The minimum atomic E-state index is -0.284. The Hall–Kier alpha value is -1.66. The number of hydrogen-bond acceptors (Lipinski definition) is 4. The van der Waals surface area contributed by atoms with Gasteiger partial charge in [0, 0.05) is 12.8 Å². The fourth-order valence-corrected chi connectivity index (χ4v) is 2.39. The predicted molar refractivity (Wildman–Crippen MR) is 83.9 cm³/mol. The number of aromatic nitrogens is 4. The average molecular weight is 343 g/mol. The minimum Gasteiger partial charge on any atom is -0.273 e. The molecule has 2 rings (SSSR count). The van der Waals surface area contributed by atoms with Crippen LogP contribution in [0.4, 0.5) is 0 Å². The maximum Gasteiger partial charge on any atom is 0.247 e. The van der Waals surface area contributed by atoms with Gasteiger partial charge in [0.2, 0.25) is 11.8 Å². The van der Waals surface area contributed by atoms with Crippen molar-refractivity contribution in [1.82, 2.24) is 19.6 Å². The van der Waals surface area contributed by atoms with E-state index in [2.05, 4.69) is 10.2 Å². The molecule has 0 aromatic carbocycles. The van der Waals surface area contributed by atoms with Crippen LogP contribution in [0.3, 0.4) is 0 Å². The standard InChI is InChI=1S/C14H16Cl2N4O2/c1-7-13(15)9(3)19(17-7)11(21)5-6-12(22)20-10(4)14(16)8(2)18-20/h5-6H2,1-4H3. The highest BCUT2D eigenvalue weighted by molar-refractivity contribution is 6.32. The SMILES string of the molecule is Cc1nn(C(=O)CCC(=O)n2nc(C)c(Cl)c2C)c(C)c1Cl. The normalized spacial score (nSPS) is 11.0. The molecule has 2 aromatic heterocycles. The molecule has 0 fully saturated rings. The maximum absolute atomic E-state index is 12.2. The van der Waals surface area contributed by atoms with Gasteiger partial charge in [-0.1, -0.05) is 23.2 Å². The number of carbonyl (C=O) groups excluding carboxylic acids is 2. The number of aryl methyl sites for hydroxylation is 2. The Bertz CT molecular complexity index is 697. The molecule has 0 radical (unpaired) electrons. The van der Waals surface area contributed by atoms with E-state index >= 15 is 0 Å². The van der Waals surface area contributed by atoms with Crippen molar-refractivity contribution in [2.45, 2.75) is 40.5 Å². The first-order valence-corrected chi connectivity index (χ1v) is 7.49. The monoisotopic (exact) mass is 342 g/mol. The van der Waals surface area contributed by atoms with Gasteiger partial charge in [-0.15, -0.1) is 0 Å². The summed E-state index contributed by atoms with van der Waals surface area (Å²) >= 11 is 12.0. The topological polar surface area (TPSA) is 69.8 Å². The Morgan fingerprint density at radius 3 is 1.36 bits per heavy atom. The van der Waals surface area contributed by atoms with Crippen molar-refractivity contribution in [1.29, 1.82) is 0 Å². The Balaban J connectivity index is 2.09. The predicted octanol–water partition coefficient (Wildman–Crippen LogP) is 3.38. The van der Waals surface area contributed by atoms with Crippen molar-refractivity contribution < 1.29 is 9.59 Å². The number of nitrogens with zero attached hydrogens (tertiary/aromatic N) is 4. The van der Waals surface area contributed by atoms with Crippen LogP contribution in [-0.2, 0) is 0 Å². The lowest BCUT2D eigenvalue weighted by molar-refractivity contribution is 0.0811. The van der Waals surface area contributed by atoms with Gasteiger partial charge in [-0.05, 0) is 27.7 Å². The molecular weight excluding hydrogens is 327 g/mol. The summed E-state index contributed by atoms with van der Waals surface area (Å²) in [5, 5.41) is 9.08. The molecule has 2 heterocycles. The lowest BCUT2D eigenvalue weighted by Gasteiger charge is -2.04. The fourth-order valence-electron chi connectivity index (χ4n) is 2.16. The van der Waals surface area contributed by atoms with Crippen LogP contribution in [0.25, 0.3) is 0 Å². The maximum atomic E-state index is 12.2. The molecule has 0 aliphatic rings. The van der Waals surface area contributed by atoms with Gasteiger partial charge in [0.15, 0.2) is 0 Å². The molecule has 2 aromatic rings. The van der Waals surface area contributed by atoms with Crippen LogP contribution in [0.15, 0.2) is 0 Å². The van der Waals surface area contributed by atoms with Gasteiger partial charge in [-0.3, -0.25) is 9.59 Å². The summed E-state index contributed by atoms with van der Waals surface area (Å²) < 4.78 is 2.47. The molecule has 0 aliphatic heterocycles. The Morgan fingerprint density at radius 2 is 1.14 bits per heavy atom. The molecular formula is C14H16Cl2N4O2. The van der Waals surface area contributed by atoms with Crippen molar-refractivity contribution >= 4 is 35.0 Å². The summed E-state index contributed by atoms with van der Waals surface area (Å²) in [7, 11) is 0. The lowest BCUT2D eigenvalue weighted by atomic mass is 10.2. The second-order valence-electron chi connectivity index (χ2n) is 5.08. The highest BCUT2D eigenvalue weighted by Crippen LogP contribution is 2.21. The third-order valence-corrected chi connectivity index (χ3v) is 4.53. The minimum absolute atomic E-state index is 0.0209. The van der Waals surface area contributed by atoms with E-state index in [0.717, 1.165) is 0 Å². The number of hydrogen-bond donors (Lipinski definition) is 0. The molecule has 0 atom stereocenters. The van der Waals surface area contributed by atoms with Crippen LogP contribution in [0.2, 0.25) is 10.0 Å². The molecule has 0 spiro atoms. The van der Waals surface area contributed by atoms with Crippen molar-refractivity contribution in [3.8, 4) is 0 Å². The van der Waals surface area contributed by atoms with E-state index in [1.165, 1.54) is 9.36 Å². The lowest BCUT2D eigenvalue weighted by Crippen LogP contribution is -2.19. The van der Waals surface area contributed by atoms with Gasteiger partial charge in [0.25, 0.3) is 0 Å². The third-order valence-electron chi connectivity index (χ3n) is 3.43. The van der Waals surface area contributed by atoms with Gasteiger partial charge in [0.1, 0.15) is 0 Å². The molecule has 22 heavy (non-hydrogen) atoms. The van der Waals surface area contributed by atoms with Gasteiger partial charge in [-0.25, -0.2) is 9.36 Å². The van der Waals surface area contributed by atoms with E-state index < -0.39 is 0 Å². The summed E-state index contributed by atoms with van der Waals surface area (Å²) in [6.07, 6.45) is 0.0418. The molecule has 0 aliphatic carbocycles. The molecule has 8 heteroatoms. The van der Waals surface area contributed by atoms with Gasteiger partial charge < -0.3 is 0 Å². The van der Waals surface area contributed by atoms with E-state index in [-0.39, 0.29) is 24.7 Å². The summed E-state index contributed by atoms with van der Waals surface area (Å²) in [4.78, 5) is 24.3. The number of rotatable bonds is 3. The van der Waals surface area contributed by atoms with E-state index in [1.54, 1.807) is 27.7 Å². The second-order valence-corrected chi connectivity index (χ2v) is 5.84. The van der Waals surface area contributed by atoms with E-state index in [0.29, 0.717) is 32.8 Å². The first kappa shape index (κ1) is 16.7. The largest absolute Gasteiger partial charge is 0.273 e.